The van der Waals surface area contributed by atoms with Crippen molar-refractivity contribution in [3.8, 4) is 0 Å². The van der Waals surface area contributed by atoms with E-state index in [1.54, 1.807) is 12.7 Å². The Bertz CT molecular complexity index is 258. The first-order valence-corrected chi connectivity index (χ1v) is 6.28. The third-order valence-electron chi connectivity index (χ3n) is 2.85. The van der Waals surface area contributed by atoms with E-state index in [9.17, 15) is 0 Å². The quantitative estimate of drug-likeness (QED) is 0.735. The minimum atomic E-state index is 0.545. The van der Waals surface area contributed by atoms with Gasteiger partial charge in [0.25, 0.3) is 0 Å². The van der Waals surface area contributed by atoms with Crippen LogP contribution in [0.5, 0.6) is 0 Å². The van der Waals surface area contributed by atoms with Gasteiger partial charge >= 0.3 is 0 Å². The van der Waals surface area contributed by atoms with Crippen molar-refractivity contribution in [2.24, 2.45) is 5.92 Å². The van der Waals surface area contributed by atoms with E-state index in [0.717, 1.165) is 25.4 Å². The SMILES string of the molecule is CCCC(C)CNC(C)CCn1cncn1. The van der Waals surface area contributed by atoms with Gasteiger partial charge in [0.1, 0.15) is 12.7 Å². The van der Waals surface area contributed by atoms with Gasteiger partial charge in [-0.2, -0.15) is 5.10 Å². The van der Waals surface area contributed by atoms with E-state index in [4.69, 9.17) is 0 Å². The first kappa shape index (κ1) is 13.2. The first-order valence-electron chi connectivity index (χ1n) is 6.28. The summed E-state index contributed by atoms with van der Waals surface area (Å²) in [6.07, 6.45) is 7.04. The lowest BCUT2D eigenvalue weighted by Crippen LogP contribution is -2.31. The van der Waals surface area contributed by atoms with E-state index in [2.05, 4.69) is 36.2 Å². The molecule has 0 aromatic carbocycles. The molecule has 0 fully saturated rings. The highest BCUT2D eigenvalue weighted by Gasteiger charge is 2.05. The molecule has 1 rings (SSSR count). The van der Waals surface area contributed by atoms with Crippen molar-refractivity contribution in [3.05, 3.63) is 12.7 Å². The van der Waals surface area contributed by atoms with Crippen LogP contribution in [0.1, 0.15) is 40.0 Å². The molecule has 0 spiro atoms. The van der Waals surface area contributed by atoms with Gasteiger partial charge in [0.05, 0.1) is 0 Å². The van der Waals surface area contributed by atoms with Crippen molar-refractivity contribution in [3.63, 3.8) is 0 Å². The molecule has 2 unspecified atom stereocenters. The molecular formula is C12H24N4. The highest BCUT2D eigenvalue weighted by atomic mass is 15.3. The number of hydrogen-bond donors (Lipinski definition) is 1. The zero-order chi connectivity index (χ0) is 11.8. The lowest BCUT2D eigenvalue weighted by atomic mass is 10.1. The second kappa shape index (κ2) is 7.39. The van der Waals surface area contributed by atoms with Crippen molar-refractivity contribution in [2.75, 3.05) is 6.54 Å². The second-order valence-electron chi connectivity index (χ2n) is 4.65. The summed E-state index contributed by atoms with van der Waals surface area (Å²) in [5, 5.41) is 7.66. The van der Waals surface area contributed by atoms with E-state index in [-0.39, 0.29) is 0 Å². The van der Waals surface area contributed by atoms with Gasteiger partial charge in [-0.15, -0.1) is 0 Å². The van der Waals surface area contributed by atoms with Gasteiger partial charge in [0, 0.05) is 12.6 Å². The van der Waals surface area contributed by atoms with Gasteiger partial charge < -0.3 is 5.32 Å². The molecule has 0 aliphatic heterocycles. The van der Waals surface area contributed by atoms with E-state index in [0.29, 0.717) is 6.04 Å². The topological polar surface area (TPSA) is 42.7 Å². The molecule has 1 N–H and O–H groups in total. The van der Waals surface area contributed by atoms with Gasteiger partial charge in [0.15, 0.2) is 0 Å². The molecule has 0 saturated heterocycles. The van der Waals surface area contributed by atoms with Crippen LogP contribution in [-0.2, 0) is 6.54 Å². The van der Waals surface area contributed by atoms with Gasteiger partial charge in [-0.25, -0.2) is 4.98 Å². The summed E-state index contributed by atoms with van der Waals surface area (Å²) in [6, 6.07) is 0.545. The van der Waals surface area contributed by atoms with Crippen LogP contribution in [0.25, 0.3) is 0 Å². The van der Waals surface area contributed by atoms with Crippen LogP contribution in [-0.4, -0.2) is 27.4 Å². The fourth-order valence-corrected chi connectivity index (χ4v) is 1.77. The Balaban J connectivity index is 2.09. The van der Waals surface area contributed by atoms with Gasteiger partial charge in [0.2, 0.25) is 0 Å². The van der Waals surface area contributed by atoms with Crippen LogP contribution in [0.15, 0.2) is 12.7 Å². The summed E-state index contributed by atoms with van der Waals surface area (Å²) in [5.74, 6) is 0.777. The summed E-state index contributed by atoms with van der Waals surface area (Å²) >= 11 is 0. The lowest BCUT2D eigenvalue weighted by Gasteiger charge is -2.17. The van der Waals surface area contributed by atoms with Crippen LogP contribution in [0.2, 0.25) is 0 Å². The van der Waals surface area contributed by atoms with Crippen LogP contribution >= 0.6 is 0 Å². The molecule has 0 amide bonds. The first-order chi connectivity index (χ1) is 7.72. The predicted molar refractivity (Wildman–Crippen MR) is 66.2 cm³/mol. The van der Waals surface area contributed by atoms with Crippen molar-refractivity contribution < 1.29 is 0 Å². The standard InChI is InChI=1S/C12H24N4/c1-4-5-11(2)8-14-12(3)6-7-16-10-13-9-15-16/h9-12,14H,4-8H2,1-3H3. The molecule has 0 bridgehead atoms. The molecular weight excluding hydrogens is 200 g/mol. The molecule has 0 saturated carbocycles. The zero-order valence-electron chi connectivity index (χ0n) is 10.7. The molecule has 0 aliphatic carbocycles. The average molecular weight is 224 g/mol. The summed E-state index contributed by atoms with van der Waals surface area (Å²) < 4.78 is 1.88. The average Bonchev–Trinajstić information content (AvgIpc) is 2.77. The number of nitrogens with one attached hydrogen (secondary N) is 1. The maximum atomic E-state index is 4.09. The van der Waals surface area contributed by atoms with Gasteiger partial charge in [-0.1, -0.05) is 20.3 Å². The van der Waals surface area contributed by atoms with Gasteiger partial charge in [-0.05, 0) is 32.2 Å². The summed E-state index contributed by atoms with van der Waals surface area (Å²) in [6.45, 7) is 8.84. The second-order valence-corrected chi connectivity index (χ2v) is 4.65. The van der Waals surface area contributed by atoms with E-state index in [1.165, 1.54) is 12.8 Å². The Labute approximate surface area is 98.5 Å². The Morgan fingerprint density at radius 2 is 2.12 bits per heavy atom. The monoisotopic (exact) mass is 224 g/mol. The molecule has 1 aromatic heterocycles. The minimum Gasteiger partial charge on any atom is -0.314 e. The maximum absolute atomic E-state index is 4.09. The predicted octanol–water partition coefficient (Wildman–Crippen LogP) is 2.08. The zero-order valence-corrected chi connectivity index (χ0v) is 10.7. The highest BCUT2D eigenvalue weighted by molar-refractivity contribution is 4.65. The maximum Gasteiger partial charge on any atom is 0.137 e. The third kappa shape index (κ3) is 5.26. The van der Waals surface area contributed by atoms with Crippen LogP contribution in [0.3, 0.4) is 0 Å². The Morgan fingerprint density at radius 1 is 1.31 bits per heavy atom. The molecule has 0 radical (unpaired) electrons. The highest BCUT2D eigenvalue weighted by Crippen LogP contribution is 2.04. The Kier molecular flexibility index (Phi) is 6.08. The van der Waals surface area contributed by atoms with E-state index in [1.807, 2.05) is 4.68 Å². The molecule has 92 valence electrons. The number of rotatable bonds is 8. The number of aryl methyl sites for hydroxylation is 1. The molecule has 0 aliphatic rings. The number of aromatic nitrogens is 3. The molecule has 4 heteroatoms. The van der Waals surface area contributed by atoms with Crippen LogP contribution < -0.4 is 5.32 Å². The van der Waals surface area contributed by atoms with Crippen molar-refractivity contribution in [2.45, 2.75) is 52.6 Å². The van der Waals surface area contributed by atoms with Crippen molar-refractivity contribution in [1.29, 1.82) is 0 Å². The smallest absolute Gasteiger partial charge is 0.137 e. The van der Waals surface area contributed by atoms with Crippen molar-refractivity contribution in [1.82, 2.24) is 20.1 Å². The number of hydrogen-bond acceptors (Lipinski definition) is 3. The molecule has 16 heavy (non-hydrogen) atoms. The fraction of sp³-hybridized carbons (Fsp3) is 0.833. The largest absolute Gasteiger partial charge is 0.314 e. The summed E-state index contributed by atoms with van der Waals surface area (Å²) in [4.78, 5) is 3.93. The fourth-order valence-electron chi connectivity index (χ4n) is 1.77. The van der Waals surface area contributed by atoms with Crippen LogP contribution in [0.4, 0.5) is 0 Å². The third-order valence-corrected chi connectivity index (χ3v) is 2.85. The summed E-state index contributed by atoms with van der Waals surface area (Å²) in [5.41, 5.74) is 0. The minimum absolute atomic E-state index is 0.545. The number of nitrogens with zero attached hydrogens (tertiary/aromatic N) is 3. The molecule has 2 atom stereocenters. The van der Waals surface area contributed by atoms with E-state index >= 15 is 0 Å². The van der Waals surface area contributed by atoms with E-state index < -0.39 is 0 Å². The lowest BCUT2D eigenvalue weighted by molar-refractivity contribution is 0.405. The van der Waals surface area contributed by atoms with Crippen LogP contribution in [0, 0.1) is 5.92 Å². The summed E-state index contributed by atoms with van der Waals surface area (Å²) in [7, 11) is 0. The molecule has 4 nitrogen and oxygen atoms in total. The normalized spacial score (nSPS) is 14.9. The Morgan fingerprint density at radius 3 is 2.75 bits per heavy atom. The van der Waals surface area contributed by atoms with Gasteiger partial charge in [-0.3, -0.25) is 4.68 Å². The van der Waals surface area contributed by atoms with Crippen molar-refractivity contribution >= 4 is 0 Å². The Hall–Kier alpha value is -0.900. The molecule has 1 aromatic rings. The molecule has 1 heterocycles.